The lowest BCUT2D eigenvalue weighted by atomic mass is 9.93. The smallest absolute Gasteiger partial charge is 0.282 e. The molecule has 6 heteroatoms. The predicted octanol–water partition coefficient (Wildman–Crippen LogP) is 1.20. The van der Waals surface area contributed by atoms with Gasteiger partial charge in [0.25, 0.3) is 10.2 Å². The highest BCUT2D eigenvalue weighted by Crippen LogP contribution is 2.27. The Morgan fingerprint density at radius 3 is 2.47 bits per heavy atom. The van der Waals surface area contributed by atoms with E-state index in [4.69, 9.17) is 0 Å². The van der Waals surface area contributed by atoms with Crippen LogP contribution >= 0.6 is 0 Å². The number of nitrogens with zero attached hydrogens (tertiary/aromatic N) is 2. The summed E-state index contributed by atoms with van der Waals surface area (Å²) in [6, 6.07) is -0.254. The third kappa shape index (κ3) is 3.29. The van der Waals surface area contributed by atoms with Crippen LogP contribution in [0.4, 0.5) is 0 Å². The molecule has 1 aliphatic heterocycles. The number of likely N-dealkylation sites (N-methyl/N-ethyl adjacent to an activating group) is 1. The molecule has 0 radical (unpaired) electrons. The van der Waals surface area contributed by atoms with E-state index in [1.165, 1.54) is 4.31 Å². The van der Waals surface area contributed by atoms with Gasteiger partial charge in [-0.1, -0.05) is 19.8 Å². The molecule has 0 spiro atoms. The second-order valence-corrected chi connectivity index (χ2v) is 8.04. The van der Waals surface area contributed by atoms with Gasteiger partial charge >= 0.3 is 0 Å². The van der Waals surface area contributed by atoms with Gasteiger partial charge in [0.05, 0.1) is 12.1 Å². The summed E-state index contributed by atoms with van der Waals surface area (Å²) in [5, 5.41) is 10.0. The number of piperidine rings is 1. The lowest BCUT2D eigenvalue weighted by Crippen LogP contribution is -2.53. The summed E-state index contributed by atoms with van der Waals surface area (Å²) < 4.78 is 28.2. The standard InChI is InChI=1S/C13H26N2O3S/c1-11-6-5-9-15(10-11)19(17,18)14(2)12-7-3-4-8-13(12)16/h11-13,16H,3-10H2,1-2H3. The van der Waals surface area contributed by atoms with Crippen molar-refractivity contribution in [2.24, 2.45) is 5.92 Å². The Morgan fingerprint density at radius 2 is 1.84 bits per heavy atom. The van der Waals surface area contributed by atoms with Gasteiger partial charge in [0.2, 0.25) is 0 Å². The van der Waals surface area contributed by atoms with Crippen LogP contribution in [0.2, 0.25) is 0 Å². The molecular formula is C13H26N2O3S. The minimum Gasteiger partial charge on any atom is -0.391 e. The quantitative estimate of drug-likeness (QED) is 0.849. The molecule has 2 rings (SSSR count). The molecule has 112 valence electrons. The first-order valence-electron chi connectivity index (χ1n) is 7.34. The molecule has 19 heavy (non-hydrogen) atoms. The van der Waals surface area contributed by atoms with E-state index in [2.05, 4.69) is 6.92 Å². The van der Waals surface area contributed by atoms with E-state index in [1.54, 1.807) is 11.4 Å². The van der Waals surface area contributed by atoms with Crippen molar-refractivity contribution in [2.75, 3.05) is 20.1 Å². The van der Waals surface area contributed by atoms with Gasteiger partial charge in [0.1, 0.15) is 0 Å². The Morgan fingerprint density at radius 1 is 1.16 bits per heavy atom. The Labute approximate surface area is 116 Å². The van der Waals surface area contributed by atoms with Gasteiger partial charge in [0.15, 0.2) is 0 Å². The number of hydrogen-bond acceptors (Lipinski definition) is 3. The van der Waals surface area contributed by atoms with E-state index in [0.29, 0.717) is 25.4 Å². The van der Waals surface area contributed by atoms with Gasteiger partial charge < -0.3 is 5.11 Å². The maximum absolute atomic E-state index is 12.6. The molecule has 2 aliphatic rings. The van der Waals surface area contributed by atoms with E-state index in [-0.39, 0.29) is 6.04 Å². The summed E-state index contributed by atoms with van der Waals surface area (Å²) in [6.07, 6.45) is 4.98. The summed E-state index contributed by atoms with van der Waals surface area (Å²) in [6.45, 7) is 3.31. The highest BCUT2D eigenvalue weighted by atomic mass is 32.2. The Bertz CT molecular complexity index is 399. The van der Waals surface area contributed by atoms with Crippen molar-refractivity contribution in [1.29, 1.82) is 0 Å². The van der Waals surface area contributed by atoms with Crippen LogP contribution in [0.5, 0.6) is 0 Å². The van der Waals surface area contributed by atoms with Crippen LogP contribution in [0.25, 0.3) is 0 Å². The SMILES string of the molecule is CC1CCCN(S(=O)(=O)N(C)C2CCCCC2O)C1. The highest BCUT2D eigenvalue weighted by Gasteiger charge is 2.37. The molecule has 1 aliphatic carbocycles. The molecule has 1 saturated heterocycles. The van der Waals surface area contributed by atoms with Crippen LogP contribution in [0.1, 0.15) is 45.4 Å². The number of rotatable bonds is 3. The van der Waals surface area contributed by atoms with E-state index < -0.39 is 16.3 Å². The Hall–Kier alpha value is -0.170. The predicted molar refractivity (Wildman–Crippen MR) is 74.9 cm³/mol. The summed E-state index contributed by atoms with van der Waals surface area (Å²) in [5.74, 6) is 0.424. The number of aliphatic hydroxyl groups is 1. The second-order valence-electron chi connectivity index (χ2n) is 6.05. The normalized spacial score (nSPS) is 34.6. The van der Waals surface area contributed by atoms with Crippen LogP contribution in [0.3, 0.4) is 0 Å². The maximum atomic E-state index is 12.6. The maximum Gasteiger partial charge on any atom is 0.282 e. The molecule has 0 aromatic carbocycles. The summed E-state index contributed by atoms with van der Waals surface area (Å²) >= 11 is 0. The first kappa shape index (κ1) is 15.2. The molecular weight excluding hydrogens is 264 g/mol. The van der Waals surface area contributed by atoms with Crippen molar-refractivity contribution in [2.45, 2.75) is 57.6 Å². The van der Waals surface area contributed by atoms with Gasteiger partial charge in [-0.05, 0) is 31.6 Å². The summed E-state index contributed by atoms with van der Waals surface area (Å²) in [5.41, 5.74) is 0. The molecule has 3 unspecified atom stereocenters. The topological polar surface area (TPSA) is 60.9 Å². The van der Waals surface area contributed by atoms with Crippen LogP contribution in [-0.4, -0.2) is 54.4 Å². The van der Waals surface area contributed by atoms with Crippen molar-refractivity contribution >= 4 is 10.2 Å². The molecule has 0 amide bonds. The first-order chi connectivity index (χ1) is 8.93. The van der Waals surface area contributed by atoms with Crippen molar-refractivity contribution in [3.63, 3.8) is 0 Å². The molecule has 0 aromatic heterocycles. The largest absolute Gasteiger partial charge is 0.391 e. The molecule has 5 nitrogen and oxygen atoms in total. The van der Waals surface area contributed by atoms with E-state index in [1.807, 2.05) is 0 Å². The molecule has 3 atom stereocenters. The molecule has 1 heterocycles. The van der Waals surface area contributed by atoms with Crippen LogP contribution in [-0.2, 0) is 10.2 Å². The lowest BCUT2D eigenvalue weighted by Gasteiger charge is -2.39. The Kier molecular flexibility index (Phi) is 4.87. The average Bonchev–Trinajstić information content (AvgIpc) is 2.38. The zero-order valence-corrected chi connectivity index (χ0v) is 12.8. The van der Waals surface area contributed by atoms with E-state index >= 15 is 0 Å². The fourth-order valence-electron chi connectivity index (χ4n) is 3.22. The molecule has 0 aromatic rings. The fourth-order valence-corrected chi connectivity index (χ4v) is 4.98. The molecule has 1 N–H and O–H groups in total. The number of aliphatic hydroxyl groups excluding tert-OH is 1. The molecule has 2 fully saturated rings. The summed E-state index contributed by atoms with van der Waals surface area (Å²) in [7, 11) is -1.80. The van der Waals surface area contributed by atoms with Crippen LogP contribution in [0, 0.1) is 5.92 Å². The van der Waals surface area contributed by atoms with Gasteiger partial charge in [-0.3, -0.25) is 0 Å². The van der Waals surface area contributed by atoms with Crippen molar-refractivity contribution in [3.05, 3.63) is 0 Å². The lowest BCUT2D eigenvalue weighted by molar-refractivity contribution is 0.0606. The zero-order valence-electron chi connectivity index (χ0n) is 12.0. The van der Waals surface area contributed by atoms with Crippen molar-refractivity contribution in [1.82, 2.24) is 8.61 Å². The van der Waals surface area contributed by atoms with Gasteiger partial charge in [-0.15, -0.1) is 0 Å². The third-order valence-electron chi connectivity index (χ3n) is 4.47. The summed E-state index contributed by atoms with van der Waals surface area (Å²) in [4.78, 5) is 0. The monoisotopic (exact) mass is 290 g/mol. The Balaban J connectivity index is 2.09. The average molecular weight is 290 g/mol. The highest BCUT2D eigenvalue weighted by molar-refractivity contribution is 7.86. The fraction of sp³-hybridized carbons (Fsp3) is 1.00. The van der Waals surface area contributed by atoms with Crippen molar-refractivity contribution in [3.8, 4) is 0 Å². The third-order valence-corrected chi connectivity index (χ3v) is 6.45. The van der Waals surface area contributed by atoms with Gasteiger partial charge in [-0.25, -0.2) is 0 Å². The van der Waals surface area contributed by atoms with Crippen LogP contribution < -0.4 is 0 Å². The molecule has 0 bridgehead atoms. The second kappa shape index (κ2) is 6.08. The minimum absolute atomic E-state index is 0.254. The zero-order chi connectivity index (χ0) is 14.0. The van der Waals surface area contributed by atoms with Crippen molar-refractivity contribution < 1.29 is 13.5 Å². The number of hydrogen-bond donors (Lipinski definition) is 1. The van der Waals surface area contributed by atoms with E-state index in [9.17, 15) is 13.5 Å². The first-order valence-corrected chi connectivity index (χ1v) is 8.74. The van der Waals surface area contributed by atoms with E-state index in [0.717, 1.165) is 32.1 Å². The minimum atomic E-state index is -3.42. The molecule has 1 saturated carbocycles. The van der Waals surface area contributed by atoms with Crippen LogP contribution in [0.15, 0.2) is 0 Å². The van der Waals surface area contributed by atoms with Gasteiger partial charge in [-0.2, -0.15) is 17.0 Å². The van der Waals surface area contributed by atoms with Gasteiger partial charge in [0, 0.05) is 20.1 Å².